The summed E-state index contributed by atoms with van der Waals surface area (Å²) < 4.78 is 46.6. The van der Waals surface area contributed by atoms with Crippen LogP contribution in [0.1, 0.15) is 32.9 Å². The number of carbonyl (C=O) groups excluding carboxylic acids is 2. The van der Waals surface area contributed by atoms with E-state index in [0.29, 0.717) is 54.6 Å². The van der Waals surface area contributed by atoms with Crippen LogP contribution in [0.15, 0.2) is 40.9 Å². The van der Waals surface area contributed by atoms with Gasteiger partial charge in [-0.05, 0) is 47.9 Å². The summed E-state index contributed by atoms with van der Waals surface area (Å²) in [7, 11) is 0. The molecule has 1 fully saturated rings. The van der Waals surface area contributed by atoms with Gasteiger partial charge >= 0.3 is 6.36 Å². The van der Waals surface area contributed by atoms with E-state index in [-0.39, 0.29) is 18.2 Å². The van der Waals surface area contributed by atoms with Crippen molar-refractivity contribution in [3.63, 3.8) is 0 Å². The maximum Gasteiger partial charge on any atom is 0.573 e. The molecule has 12 heteroatoms. The predicted octanol–water partition coefficient (Wildman–Crippen LogP) is 3.37. The lowest BCUT2D eigenvalue weighted by Gasteiger charge is -2.31. The molecule has 0 aliphatic carbocycles. The van der Waals surface area contributed by atoms with E-state index in [1.807, 2.05) is 19.1 Å². The Morgan fingerprint density at radius 2 is 1.81 bits per heavy atom. The highest BCUT2D eigenvalue weighted by atomic mass is 19.4. The second-order valence-electron chi connectivity index (χ2n) is 9.11. The number of amides is 2. The number of ether oxygens (including phenoxy) is 1. The first-order chi connectivity index (χ1) is 17.7. The molecule has 3 aromatic rings. The molecule has 37 heavy (non-hydrogen) atoms. The Labute approximate surface area is 210 Å². The molecule has 0 radical (unpaired) electrons. The summed E-state index contributed by atoms with van der Waals surface area (Å²) in [6, 6.07) is 9.18. The molecule has 2 aromatic carbocycles. The first-order valence-electron chi connectivity index (χ1n) is 11.7. The van der Waals surface area contributed by atoms with Crippen LogP contribution in [0.5, 0.6) is 5.75 Å². The summed E-state index contributed by atoms with van der Waals surface area (Å²) in [4.78, 5) is 34.0. The first kappa shape index (κ1) is 24.8. The van der Waals surface area contributed by atoms with Crippen LogP contribution in [0.3, 0.4) is 0 Å². The lowest BCUT2D eigenvalue weighted by molar-refractivity contribution is -0.274. The van der Waals surface area contributed by atoms with E-state index < -0.39 is 6.36 Å². The molecule has 0 bridgehead atoms. The summed E-state index contributed by atoms with van der Waals surface area (Å²) in [5.41, 5.74) is 3.60. The Morgan fingerprint density at radius 1 is 1.08 bits per heavy atom. The average molecular weight is 515 g/mol. The summed E-state index contributed by atoms with van der Waals surface area (Å²) in [6.07, 6.45) is -3.90. The minimum Gasteiger partial charge on any atom is -0.406 e. The zero-order valence-electron chi connectivity index (χ0n) is 20.0. The quantitative estimate of drug-likeness (QED) is 0.446. The Morgan fingerprint density at radius 3 is 2.49 bits per heavy atom. The second-order valence-corrected chi connectivity index (χ2v) is 9.11. The number of nitrogens with zero attached hydrogens (tertiary/aromatic N) is 5. The fraction of sp³-hybridized carbons (Fsp3) is 0.360. The van der Waals surface area contributed by atoms with Crippen molar-refractivity contribution in [1.29, 1.82) is 0 Å². The molecule has 1 aromatic heterocycles. The number of fused-ring (bicyclic) bond motifs is 1. The van der Waals surface area contributed by atoms with Crippen molar-refractivity contribution < 1.29 is 32.0 Å². The second kappa shape index (κ2) is 9.85. The molecule has 194 valence electrons. The van der Waals surface area contributed by atoms with Crippen LogP contribution < -0.4 is 4.74 Å². The highest BCUT2D eigenvalue weighted by molar-refractivity contribution is 6.00. The highest BCUT2D eigenvalue weighted by Gasteiger charge is 2.32. The molecule has 0 N–H and O–H groups in total. The zero-order valence-corrected chi connectivity index (χ0v) is 20.0. The predicted molar refractivity (Wildman–Crippen MR) is 124 cm³/mol. The van der Waals surface area contributed by atoms with E-state index in [9.17, 15) is 22.8 Å². The number of hydrogen-bond donors (Lipinski definition) is 0. The minimum atomic E-state index is -4.75. The molecule has 1 saturated heterocycles. The standard InChI is InChI=1S/C25H24F3N5O4/c1-16-10-18(23-29-21(30-37-23)14-31-6-8-32(15-34)9-7-31)11-19-13-33(24(35)22(16)19)12-17-2-4-20(5-3-17)36-25(26,27)28/h2-5,10-11,15H,6-9,12-14H2,1H3. The summed E-state index contributed by atoms with van der Waals surface area (Å²) >= 11 is 0. The first-order valence-corrected chi connectivity index (χ1v) is 11.7. The number of halogens is 3. The van der Waals surface area contributed by atoms with Crippen LogP contribution in [0.25, 0.3) is 11.5 Å². The van der Waals surface area contributed by atoms with Crippen molar-refractivity contribution in [2.24, 2.45) is 0 Å². The Kier molecular flexibility index (Phi) is 6.59. The molecule has 5 rings (SSSR count). The molecule has 0 unspecified atom stereocenters. The number of carbonyl (C=O) groups is 2. The normalized spacial score (nSPS) is 16.3. The molecular formula is C25H24F3N5O4. The number of aryl methyl sites for hydroxylation is 1. The largest absolute Gasteiger partial charge is 0.573 e. The Bertz CT molecular complexity index is 1300. The third-order valence-corrected chi connectivity index (χ3v) is 6.45. The van der Waals surface area contributed by atoms with Gasteiger partial charge in [0.2, 0.25) is 6.41 Å². The lowest BCUT2D eigenvalue weighted by atomic mass is 10.0. The SMILES string of the molecule is Cc1cc(-c2nc(CN3CCN(C=O)CC3)no2)cc2c1C(=O)N(Cc1ccc(OC(F)(F)F)cc1)C2. The molecule has 0 spiro atoms. The van der Waals surface area contributed by atoms with Crippen molar-refractivity contribution in [2.75, 3.05) is 26.2 Å². The lowest BCUT2D eigenvalue weighted by Crippen LogP contribution is -2.45. The molecule has 2 aliphatic rings. The average Bonchev–Trinajstić information content (AvgIpc) is 3.44. The monoisotopic (exact) mass is 515 g/mol. The maximum absolute atomic E-state index is 13.1. The van der Waals surface area contributed by atoms with E-state index in [2.05, 4.69) is 19.8 Å². The van der Waals surface area contributed by atoms with Gasteiger partial charge in [0, 0.05) is 50.4 Å². The highest BCUT2D eigenvalue weighted by Crippen LogP contribution is 2.32. The van der Waals surface area contributed by atoms with Crippen LogP contribution in [0.2, 0.25) is 0 Å². The van der Waals surface area contributed by atoms with E-state index >= 15 is 0 Å². The van der Waals surface area contributed by atoms with Gasteiger partial charge in [0.1, 0.15) is 5.75 Å². The van der Waals surface area contributed by atoms with Crippen LogP contribution in [0.4, 0.5) is 13.2 Å². The van der Waals surface area contributed by atoms with Gasteiger partial charge in [-0.2, -0.15) is 4.98 Å². The van der Waals surface area contributed by atoms with Gasteiger partial charge in [-0.1, -0.05) is 17.3 Å². The smallest absolute Gasteiger partial charge is 0.406 e. The van der Waals surface area contributed by atoms with Gasteiger partial charge in [-0.25, -0.2) is 0 Å². The molecule has 0 atom stereocenters. The molecule has 0 saturated carbocycles. The number of piperazine rings is 1. The van der Waals surface area contributed by atoms with Crippen molar-refractivity contribution >= 4 is 12.3 Å². The third kappa shape index (κ3) is 5.58. The zero-order chi connectivity index (χ0) is 26.2. The number of rotatable bonds is 7. The third-order valence-electron chi connectivity index (χ3n) is 6.45. The van der Waals surface area contributed by atoms with Crippen molar-refractivity contribution in [3.8, 4) is 17.2 Å². The van der Waals surface area contributed by atoms with Crippen LogP contribution >= 0.6 is 0 Å². The van der Waals surface area contributed by atoms with E-state index in [1.165, 1.54) is 24.3 Å². The summed E-state index contributed by atoms with van der Waals surface area (Å²) in [6.45, 7) is 5.74. The van der Waals surface area contributed by atoms with Gasteiger partial charge in [-0.15, -0.1) is 13.2 Å². The van der Waals surface area contributed by atoms with Crippen molar-refractivity contribution in [3.05, 3.63) is 64.5 Å². The topological polar surface area (TPSA) is 92.0 Å². The molecule has 9 nitrogen and oxygen atoms in total. The van der Waals surface area contributed by atoms with Gasteiger partial charge in [0.15, 0.2) is 5.82 Å². The number of alkyl halides is 3. The fourth-order valence-electron chi connectivity index (χ4n) is 4.66. The number of benzene rings is 2. The molecule has 3 heterocycles. The number of hydrogen-bond acceptors (Lipinski definition) is 7. The van der Waals surface area contributed by atoms with Crippen molar-refractivity contribution in [1.82, 2.24) is 24.8 Å². The minimum absolute atomic E-state index is 0.143. The molecular weight excluding hydrogens is 491 g/mol. The van der Waals surface area contributed by atoms with E-state index in [4.69, 9.17) is 4.52 Å². The van der Waals surface area contributed by atoms with Gasteiger partial charge in [0.05, 0.1) is 6.54 Å². The molecule has 2 amide bonds. The Hall–Kier alpha value is -3.93. The van der Waals surface area contributed by atoms with Crippen LogP contribution in [-0.4, -0.2) is 69.7 Å². The number of aromatic nitrogens is 2. The molecule has 2 aliphatic heterocycles. The van der Waals surface area contributed by atoms with Crippen LogP contribution in [-0.2, 0) is 24.4 Å². The van der Waals surface area contributed by atoms with Crippen molar-refractivity contribution in [2.45, 2.75) is 32.9 Å². The maximum atomic E-state index is 13.1. The van der Waals surface area contributed by atoms with Gasteiger partial charge < -0.3 is 19.1 Å². The van der Waals surface area contributed by atoms with E-state index in [0.717, 1.165) is 30.6 Å². The Balaban J connectivity index is 1.26. The summed E-state index contributed by atoms with van der Waals surface area (Å²) in [5.74, 6) is 0.451. The van der Waals surface area contributed by atoms with Crippen LogP contribution in [0, 0.1) is 6.92 Å². The fourth-order valence-corrected chi connectivity index (χ4v) is 4.66. The van der Waals surface area contributed by atoms with Gasteiger partial charge in [0.25, 0.3) is 11.8 Å². The van der Waals surface area contributed by atoms with Gasteiger partial charge in [-0.3, -0.25) is 14.5 Å². The van der Waals surface area contributed by atoms with E-state index in [1.54, 1.807) is 9.80 Å². The summed E-state index contributed by atoms with van der Waals surface area (Å²) in [5, 5.41) is 4.10.